The van der Waals surface area contributed by atoms with Crippen LogP contribution in [0.3, 0.4) is 0 Å². The minimum atomic E-state index is -0.419. The molecular formula is C22H23FN4O2. The van der Waals surface area contributed by atoms with Crippen molar-refractivity contribution in [3.05, 3.63) is 83.6 Å². The molecule has 0 bridgehead atoms. The molecule has 0 amide bonds. The average Bonchev–Trinajstić information content (AvgIpc) is 3.11. The molecule has 0 saturated heterocycles. The number of ether oxygens (including phenoxy) is 2. The lowest BCUT2D eigenvalue weighted by atomic mass is 10.1. The number of pyridine rings is 1. The minimum Gasteiger partial charge on any atom is -0.480 e. The molecule has 2 heterocycles. The number of hydrogen-bond acceptors (Lipinski definition) is 5. The van der Waals surface area contributed by atoms with E-state index >= 15 is 0 Å². The third kappa shape index (κ3) is 4.87. The molecule has 0 fully saturated rings. The molecule has 2 aromatic heterocycles. The first-order valence-electron chi connectivity index (χ1n) is 9.18. The van der Waals surface area contributed by atoms with Gasteiger partial charge in [0.1, 0.15) is 12.4 Å². The molecule has 1 aromatic carbocycles. The van der Waals surface area contributed by atoms with Gasteiger partial charge >= 0.3 is 0 Å². The van der Waals surface area contributed by atoms with Crippen molar-refractivity contribution in [3.63, 3.8) is 0 Å². The Kier molecular flexibility index (Phi) is 6.39. The zero-order valence-corrected chi connectivity index (χ0v) is 16.7. The lowest BCUT2D eigenvalue weighted by Gasteiger charge is -2.10. The van der Waals surface area contributed by atoms with Gasteiger partial charge in [0.15, 0.2) is 0 Å². The van der Waals surface area contributed by atoms with Gasteiger partial charge in [-0.2, -0.15) is 5.10 Å². The molecule has 3 rings (SSSR count). The minimum absolute atomic E-state index is 0.171. The van der Waals surface area contributed by atoms with Crippen molar-refractivity contribution in [1.29, 1.82) is 0 Å². The van der Waals surface area contributed by atoms with Crippen LogP contribution >= 0.6 is 0 Å². The molecule has 150 valence electrons. The van der Waals surface area contributed by atoms with Crippen molar-refractivity contribution in [2.24, 2.45) is 12.0 Å². The molecule has 29 heavy (non-hydrogen) atoms. The summed E-state index contributed by atoms with van der Waals surface area (Å²) in [6.45, 7) is 6.34. The van der Waals surface area contributed by atoms with Crippen LogP contribution in [0.4, 0.5) is 4.39 Å². The molecule has 3 aromatic rings. The van der Waals surface area contributed by atoms with E-state index in [-0.39, 0.29) is 6.61 Å². The maximum Gasteiger partial charge on any atom is 0.224 e. The Labute approximate surface area is 169 Å². The van der Waals surface area contributed by atoms with E-state index < -0.39 is 5.82 Å². The smallest absolute Gasteiger partial charge is 0.224 e. The van der Waals surface area contributed by atoms with Gasteiger partial charge in [0.2, 0.25) is 11.8 Å². The molecule has 7 heteroatoms. The van der Waals surface area contributed by atoms with Crippen LogP contribution in [0.15, 0.2) is 60.4 Å². The van der Waals surface area contributed by atoms with Gasteiger partial charge in [0.05, 0.1) is 36.5 Å². The first-order valence-corrected chi connectivity index (χ1v) is 9.18. The number of hydrogen-bond donors (Lipinski definition) is 0. The van der Waals surface area contributed by atoms with Crippen LogP contribution in [0.2, 0.25) is 0 Å². The average molecular weight is 394 g/mol. The highest BCUT2D eigenvalue weighted by molar-refractivity contribution is 5.98. The number of benzene rings is 1. The summed E-state index contributed by atoms with van der Waals surface area (Å²) >= 11 is 0. The van der Waals surface area contributed by atoms with Crippen LogP contribution in [0, 0.1) is 5.82 Å². The molecule has 0 N–H and O–H groups in total. The van der Waals surface area contributed by atoms with E-state index in [1.165, 1.54) is 17.7 Å². The second kappa shape index (κ2) is 9.14. The molecule has 0 aliphatic heterocycles. The van der Waals surface area contributed by atoms with Crippen molar-refractivity contribution < 1.29 is 13.9 Å². The Hall–Kier alpha value is -3.48. The van der Waals surface area contributed by atoms with Crippen LogP contribution in [0.5, 0.6) is 5.88 Å². The van der Waals surface area contributed by atoms with E-state index in [4.69, 9.17) is 9.47 Å². The van der Waals surface area contributed by atoms with Gasteiger partial charge in [0, 0.05) is 13.1 Å². The molecule has 0 saturated carbocycles. The number of methoxy groups -OCH3 is 1. The highest BCUT2D eigenvalue weighted by Crippen LogP contribution is 2.19. The van der Waals surface area contributed by atoms with E-state index in [1.54, 1.807) is 25.0 Å². The number of rotatable bonds is 7. The van der Waals surface area contributed by atoms with Crippen molar-refractivity contribution in [2.75, 3.05) is 7.11 Å². The van der Waals surface area contributed by atoms with Crippen LogP contribution in [-0.2, 0) is 24.8 Å². The zero-order chi connectivity index (χ0) is 20.8. The number of aliphatic imine (C=N–C) groups is 1. The SMILES string of the molecule is C=C(N=C(OC)c1cnn(C)c1COc1ccc(F)cn1)c1ccc(CC)cc1. The first kappa shape index (κ1) is 20.3. The normalized spacial score (nSPS) is 11.4. The fourth-order valence-electron chi connectivity index (χ4n) is 2.74. The van der Waals surface area contributed by atoms with Gasteiger partial charge < -0.3 is 9.47 Å². The third-order valence-corrected chi connectivity index (χ3v) is 4.47. The largest absolute Gasteiger partial charge is 0.480 e. The second-order valence-corrected chi connectivity index (χ2v) is 6.35. The Morgan fingerprint density at radius 3 is 2.55 bits per heavy atom. The maximum atomic E-state index is 13.0. The summed E-state index contributed by atoms with van der Waals surface area (Å²) in [5.74, 6) is 0.279. The summed E-state index contributed by atoms with van der Waals surface area (Å²) in [6.07, 6.45) is 3.74. The Balaban J connectivity index is 1.82. The number of aryl methyl sites for hydroxylation is 2. The predicted octanol–water partition coefficient (Wildman–Crippen LogP) is 4.16. The van der Waals surface area contributed by atoms with Crippen molar-refractivity contribution in [3.8, 4) is 5.88 Å². The molecule has 0 atom stereocenters. The zero-order valence-electron chi connectivity index (χ0n) is 16.7. The standard InChI is InChI=1S/C22H23FN4O2/c1-5-16-6-8-17(9-7-16)15(2)26-22(28-4)19-13-25-27(3)20(19)14-29-21-11-10-18(23)12-24-21/h6-13H,2,5,14H2,1,3-4H3. The molecule has 0 aliphatic rings. The summed E-state index contributed by atoms with van der Waals surface area (Å²) in [4.78, 5) is 8.46. The first-order chi connectivity index (χ1) is 14.0. The predicted molar refractivity (Wildman–Crippen MR) is 110 cm³/mol. The summed E-state index contributed by atoms with van der Waals surface area (Å²) in [7, 11) is 3.34. The molecular weight excluding hydrogens is 371 g/mol. The molecule has 0 spiro atoms. The van der Waals surface area contributed by atoms with Crippen molar-refractivity contribution >= 4 is 11.6 Å². The maximum absolute atomic E-state index is 13.0. The summed E-state index contributed by atoms with van der Waals surface area (Å²) in [6, 6.07) is 10.9. The fourth-order valence-corrected chi connectivity index (χ4v) is 2.74. The van der Waals surface area contributed by atoms with Gasteiger partial charge in [-0.15, -0.1) is 0 Å². The van der Waals surface area contributed by atoms with E-state index in [1.807, 2.05) is 12.1 Å². The van der Waals surface area contributed by atoms with E-state index in [0.29, 0.717) is 23.0 Å². The van der Waals surface area contributed by atoms with Crippen LogP contribution in [0.25, 0.3) is 5.70 Å². The van der Waals surface area contributed by atoms with Crippen LogP contribution in [0.1, 0.15) is 29.3 Å². The Morgan fingerprint density at radius 1 is 1.17 bits per heavy atom. The molecule has 0 aliphatic carbocycles. The van der Waals surface area contributed by atoms with E-state index in [0.717, 1.165) is 23.9 Å². The van der Waals surface area contributed by atoms with Gasteiger partial charge in [-0.25, -0.2) is 14.4 Å². The van der Waals surface area contributed by atoms with Crippen LogP contribution < -0.4 is 4.74 Å². The van der Waals surface area contributed by atoms with E-state index in [2.05, 4.69) is 40.7 Å². The Morgan fingerprint density at radius 2 is 1.93 bits per heavy atom. The highest BCUT2D eigenvalue weighted by atomic mass is 19.1. The summed E-state index contributed by atoms with van der Waals surface area (Å²) in [5, 5.41) is 4.28. The number of halogens is 1. The highest BCUT2D eigenvalue weighted by Gasteiger charge is 2.17. The fraction of sp³-hybridized carbons (Fsp3) is 0.227. The van der Waals surface area contributed by atoms with Crippen LogP contribution in [-0.4, -0.2) is 27.8 Å². The second-order valence-electron chi connectivity index (χ2n) is 6.35. The van der Waals surface area contributed by atoms with Crippen molar-refractivity contribution in [2.45, 2.75) is 20.0 Å². The number of nitrogens with zero attached hydrogens (tertiary/aromatic N) is 4. The number of aromatic nitrogens is 3. The Bertz CT molecular complexity index is 1010. The monoisotopic (exact) mass is 394 g/mol. The van der Waals surface area contributed by atoms with Crippen molar-refractivity contribution in [1.82, 2.24) is 14.8 Å². The summed E-state index contributed by atoms with van der Waals surface area (Å²) in [5.41, 5.74) is 4.17. The molecule has 0 unspecified atom stereocenters. The van der Waals surface area contributed by atoms with Gasteiger partial charge in [-0.05, 0) is 23.6 Å². The molecule has 6 nitrogen and oxygen atoms in total. The topological polar surface area (TPSA) is 61.5 Å². The quantitative estimate of drug-likeness (QED) is 0.446. The van der Waals surface area contributed by atoms with E-state index in [9.17, 15) is 4.39 Å². The van der Waals surface area contributed by atoms with Gasteiger partial charge in [-0.1, -0.05) is 37.8 Å². The lowest BCUT2D eigenvalue weighted by Crippen LogP contribution is -2.11. The lowest BCUT2D eigenvalue weighted by molar-refractivity contribution is 0.281. The third-order valence-electron chi connectivity index (χ3n) is 4.47. The summed E-state index contributed by atoms with van der Waals surface area (Å²) < 4.78 is 25.9. The van der Waals surface area contributed by atoms with Gasteiger partial charge in [-0.3, -0.25) is 4.68 Å². The van der Waals surface area contributed by atoms with Gasteiger partial charge in [0.25, 0.3) is 0 Å². The molecule has 0 radical (unpaired) electrons.